The molecule has 0 saturated heterocycles. The van der Waals surface area contributed by atoms with Gasteiger partial charge in [-0.2, -0.15) is 0 Å². The minimum absolute atomic E-state index is 0.00263. The van der Waals surface area contributed by atoms with Crippen LogP contribution in [0.5, 0.6) is 5.75 Å². The third kappa shape index (κ3) is 6.84. The Labute approximate surface area is 177 Å². The molecule has 0 atom stereocenters. The third-order valence-electron chi connectivity index (χ3n) is 3.78. The SMILES string of the molecule is CCOc1ccc(NC(=O)CCC(=O)NNC(=O)c2ccc(C)c(I)c2)cc1. The fraction of sp³-hybridized carbons (Fsp3) is 0.250. The van der Waals surface area contributed by atoms with Gasteiger partial charge in [-0.25, -0.2) is 0 Å². The van der Waals surface area contributed by atoms with Crippen LogP contribution >= 0.6 is 22.6 Å². The number of benzene rings is 2. The summed E-state index contributed by atoms with van der Waals surface area (Å²) in [5.74, 6) is -0.431. The van der Waals surface area contributed by atoms with E-state index in [2.05, 4.69) is 38.8 Å². The van der Waals surface area contributed by atoms with Crippen LogP contribution in [0.4, 0.5) is 5.69 Å². The summed E-state index contributed by atoms with van der Waals surface area (Å²) in [6, 6.07) is 12.2. The number of rotatable bonds is 7. The maximum atomic E-state index is 12.0. The zero-order chi connectivity index (χ0) is 20.5. The lowest BCUT2D eigenvalue weighted by Gasteiger charge is -2.09. The molecule has 2 rings (SSSR count). The van der Waals surface area contributed by atoms with Crippen LogP contribution < -0.4 is 20.9 Å². The summed E-state index contributed by atoms with van der Waals surface area (Å²) in [6.45, 7) is 4.41. The van der Waals surface area contributed by atoms with Crippen LogP contribution in [0.15, 0.2) is 42.5 Å². The fourth-order valence-corrected chi connectivity index (χ4v) is 2.76. The molecule has 0 aliphatic rings. The van der Waals surface area contributed by atoms with E-state index in [1.54, 1.807) is 36.4 Å². The van der Waals surface area contributed by atoms with Gasteiger partial charge in [0, 0.05) is 27.7 Å². The van der Waals surface area contributed by atoms with E-state index in [1.807, 2.05) is 19.9 Å². The molecule has 28 heavy (non-hydrogen) atoms. The smallest absolute Gasteiger partial charge is 0.269 e. The summed E-state index contributed by atoms with van der Waals surface area (Å²) in [5, 5.41) is 2.71. The highest BCUT2D eigenvalue weighted by molar-refractivity contribution is 14.1. The molecule has 0 bridgehead atoms. The maximum absolute atomic E-state index is 12.0. The number of anilines is 1. The standard InChI is InChI=1S/C20H22IN3O4/c1-3-28-16-8-6-15(7-9-16)22-18(25)10-11-19(26)23-24-20(27)14-5-4-13(2)17(21)12-14/h4-9,12H,3,10-11H2,1-2H3,(H,22,25)(H,23,26)(H,24,27). The van der Waals surface area contributed by atoms with Gasteiger partial charge in [0.1, 0.15) is 5.75 Å². The third-order valence-corrected chi connectivity index (χ3v) is 4.94. The van der Waals surface area contributed by atoms with E-state index in [4.69, 9.17) is 4.74 Å². The monoisotopic (exact) mass is 495 g/mol. The van der Waals surface area contributed by atoms with Gasteiger partial charge in [0.2, 0.25) is 11.8 Å². The quantitative estimate of drug-likeness (QED) is 0.406. The molecule has 2 aromatic rings. The molecule has 0 unspecified atom stereocenters. The van der Waals surface area contributed by atoms with E-state index < -0.39 is 11.8 Å². The number of halogens is 1. The Morgan fingerprint density at radius 3 is 2.29 bits per heavy atom. The first-order valence-corrected chi connectivity index (χ1v) is 9.85. The molecule has 2 aromatic carbocycles. The topological polar surface area (TPSA) is 96.5 Å². The van der Waals surface area contributed by atoms with Gasteiger partial charge < -0.3 is 10.1 Å². The Bertz CT molecular complexity index is 853. The number of nitrogens with one attached hydrogen (secondary N) is 3. The van der Waals surface area contributed by atoms with Crippen molar-refractivity contribution < 1.29 is 19.1 Å². The zero-order valence-corrected chi connectivity index (χ0v) is 17.8. The van der Waals surface area contributed by atoms with Gasteiger partial charge in [-0.1, -0.05) is 6.07 Å². The Morgan fingerprint density at radius 2 is 1.64 bits per heavy atom. The molecule has 0 aromatic heterocycles. The van der Waals surface area contributed by atoms with Crippen molar-refractivity contribution in [3.05, 3.63) is 57.2 Å². The summed E-state index contributed by atoms with van der Waals surface area (Å²) >= 11 is 2.14. The molecule has 7 nitrogen and oxygen atoms in total. The highest BCUT2D eigenvalue weighted by atomic mass is 127. The van der Waals surface area contributed by atoms with Crippen molar-refractivity contribution in [2.45, 2.75) is 26.7 Å². The first-order valence-electron chi connectivity index (χ1n) is 8.77. The first kappa shape index (κ1) is 21.7. The van der Waals surface area contributed by atoms with Crippen LogP contribution in [0.25, 0.3) is 0 Å². The van der Waals surface area contributed by atoms with Gasteiger partial charge in [0.05, 0.1) is 6.61 Å². The summed E-state index contributed by atoms with van der Waals surface area (Å²) in [4.78, 5) is 35.8. The van der Waals surface area contributed by atoms with Gasteiger partial charge in [-0.05, 0) is 78.4 Å². The summed E-state index contributed by atoms with van der Waals surface area (Å²) in [7, 11) is 0. The number of carbonyl (C=O) groups excluding carboxylic acids is 3. The van der Waals surface area contributed by atoms with E-state index in [9.17, 15) is 14.4 Å². The second kappa shape index (κ2) is 10.6. The molecule has 0 aliphatic heterocycles. The molecule has 0 spiro atoms. The minimum Gasteiger partial charge on any atom is -0.494 e. The number of amides is 3. The Kier molecular flexibility index (Phi) is 8.24. The van der Waals surface area contributed by atoms with Crippen molar-refractivity contribution >= 4 is 46.0 Å². The lowest BCUT2D eigenvalue weighted by atomic mass is 10.1. The predicted molar refractivity (Wildman–Crippen MR) is 115 cm³/mol. The summed E-state index contributed by atoms with van der Waals surface area (Å²) in [6.07, 6.45) is -0.0497. The lowest BCUT2D eigenvalue weighted by Crippen LogP contribution is -2.41. The Balaban J connectivity index is 1.73. The van der Waals surface area contributed by atoms with Crippen LogP contribution in [-0.4, -0.2) is 24.3 Å². The number of ether oxygens (including phenoxy) is 1. The van der Waals surface area contributed by atoms with Crippen molar-refractivity contribution in [1.82, 2.24) is 10.9 Å². The van der Waals surface area contributed by atoms with E-state index in [-0.39, 0.29) is 18.7 Å². The van der Waals surface area contributed by atoms with Crippen molar-refractivity contribution in [3.8, 4) is 5.75 Å². The van der Waals surface area contributed by atoms with Gasteiger partial charge in [0.25, 0.3) is 5.91 Å². The normalized spacial score (nSPS) is 10.1. The Hall–Kier alpha value is -2.62. The molecular weight excluding hydrogens is 473 g/mol. The first-order chi connectivity index (χ1) is 13.4. The predicted octanol–water partition coefficient (Wildman–Crippen LogP) is 3.18. The molecule has 0 aliphatic carbocycles. The average molecular weight is 495 g/mol. The van der Waals surface area contributed by atoms with Crippen molar-refractivity contribution in [2.24, 2.45) is 0 Å². The van der Waals surface area contributed by atoms with Crippen LogP contribution in [0.2, 0.25) is 0 Å². The fourth-order valence-electron chi connectivity index (χ4n) is 2.25. The second-order valence-electron chi connectivity index (χ2n) is 5.97. The van der Waals surface area contributed by atoms with Crippen LogP contribution in [0.1, 0.15) is 35.7 Å². The highest BCUT2D eigenvalue weighted by Crippen LogP contribution is 2.16. The number of hydrazine groups is 1. The molecule has 0 radical (unpaired) electrons. The number of carbonyl (C=O) groups is 3. The number of aryl methyl sites for hydroxylation is 1. The van der Waals surface area contributed by atoms with E-state index in [1.165, 1.54) is 0 Å². The van der Waals surface area contributed by atoms with Gasteiger partial charge in [-0.3, -0.25) is 25.2 Å². The van der Waals surface area contributed by atoms with Crippen LogP contribution in [-0.2, 0) is 9.59 Å². The largest absolute Gasteiger partial charge is 0.494 e. The molecule has 148 valence electrons. The minimum atomic E-state index is -0.447. The van der Waals surface area contributed by atoms with Crippen LogP contribution in [0, 0.1) is 10.5 Å². The molecule has 0 heterocycles. The molecule has 0 fully saturated rings. The number of hydrogen-bond acceptors (Lipinski definition) is 4. The van der Waals surface area contributed by atoms with Crippen molar-refractivity contribution in [2.75, 3.05) is 11.9 Å². The second-order valence-corrected chi connectivity index (χ2v) is 7.13. The number of hydrogen-bond donors (Lipinski definition) is 3. The molecular formula is C20H22IN3O4. The highest BCUT2D eigenvalue weighted by Gasteiger charge is 2.11. The van der Waals surface area contributed by atoms with E-state index >= 15 is 0 Å². The average Bonchev–Trinajstić information content (AvgIpc) is 2.68. The van der Waals surface area contributed by atoms with E-state index in [0.29, 0.717) is 17.9 Å². The lowest BCUT2D eigenvalue weighted by molar-refractivity contribution is -0.124. The molecule has 3 N–H and O–H groups in total. The van der Waals surface area contributed by atoms with Gasteiger partial charge >= 0.3 is 0 Å². The molecule has 3 amide bonds. The summed E-state index contributed by atoms with van der Waals surface area (Å²) in [5.41, 5.74) is 6.81. The zero-order valence-electron chi connectivity index (χ0n) is 15.7. The van der Waals surface area contributed by atoms with Crippen LogP contribution in [0.3, 0.4) is 0 Å². The summed E-state index contributed by atoms with van der Waals surface area (Å²) < 4.78 is 6.30. The molecule has 0 saturated carbocycles. The van der Waals surface area contributed by atoms with E-state index in [0.717, 1.165) is 14.9 Å². The Morgan fingerprint density at radius 1 is 0.964 bits per heavy atom. The maximum Gasteiger partial charge on any atom is 0.269 e. The molecule has 8 heteroatoms. The van der Waals surface area contributed by atoms with Gasteiger partial charge in [0.15, 0.2) is 0 Å². The van der Waals surface area contributed by atoms with Crippen molar-refractivity contribution in [3.63, 3.8) is 0 Å². The van der Waals surface area contributed by atoms with Crippen molar-refractivity contribution in [1.29, 1.82) is 0 Å². The van der Waals surface area contributed by atoms with Gasteiger partial charge in [-0.15, -0.1) is 0 Å².